The van der Waals surface area contributed by atoms with Crippen molar-refractivity contribution in [1.82, 2.24) is 10.3 Å². The van der Waals surface area contributed by atoms with Gasteiger partial charge >= 0.3 is 5.97 Å². The average molecular weight is 369 g/mol. The van der Waals surface area contributed by atoms with Crippen LogP contribution < -0.4 is 15.0 Å². The van der Waals surface area contributed by atoms with Crippen LogP contribution in [0.1, 0.15) is 5.56 Å². The Kier molecular flexibility index (Phi) is 6.27. The molecule has 0 saturated heterocycles. The number of oxazole rings is 1. The van der Waals surface area contributed by atoms with Gasteiger partial charge in [-0.1, -0.05) is 24.3 Å². The first kappa shape index (κ1) is 18.7. The second kappa shape index (κ2) is 9.05. The van der Waals surface area contributed by atoms with Crippen LogP contribution in [0.25, 0.3) is 11.1 Å². The number of hydrogen-bond donors (Lipinski definition) is 1. The van der Waals surface area contributed by atoms with Crippen molar-refractivity contribution in [3.8, 4) is 5.75 Å². The van der Waals surface area contributed by atoms with Crippen LogP contribution in [-0.4, -0.2) is 44.8 Å². The lowest BCUT2D eigenvalue weighted by Crippen LogP contribution is -2.24. The van der Waals surface area contributed by atoms with Gasteiger partial charge in [-0.05, 0) is 29.8 Å². The summed E-state index contributed by atoms with van der Waals surface area (Å²) in [5.41, 5.74) is 2.68. The predicted octanol–water partition coefficient (Wildman–Crippen LogP) is 2.61. The number of esters is 1. The van der Waals surface area contributed by atoms with E-state index in [1.807, 2.05) is 60.5 Å². The molecule has 0 atom stereocenters. The Balaban J connectivity index is 1.43. The Morgan fingerprint density at radius 2 is 1.96 bits per heavy atom. The van der Waals surface area contributed by atoms with Crippen LogP contribution in [0.3, 0.4) is 0 Å². The maximum Gasteiger partial charge on any atom is 0.319 e. The van der Waals surface area contributed by atoms with E-state index in [1.54, 1.807) is 0 Å². The van der Waals surface area contributed by atoms with Gasteiger partial charge < -0.3 is 24.1 Å². The molecule has 3 aromatic rings. The number of ether oxygens (including phenoxy) is 2. The highest BCUT2D eigenvalue weighted by Gasteiger charge is 2.09. The Hall–Kier alpha value is -3.06. The fourth-order valence-corrected chi connectivity index (χ4v) is 2.50. The van der Waals surface area contributed by atoms with E-state index < -0.39 is 0 Å². The number of methoxy groups -OCH3 is 1. The second-order valence-electron chi connectivity index (χ2n) is 6.06. The third kappa shape index (κ3) is 5.21. The van der Waals surface area contributed by atoms with Gasteiger partial charge in [-0.15, -0.1) is 0 Å². The van der Waals surface area contributed by atoms with Gasteiger partial charge in [0.1, 0.15) is 17.9 Å². The van der Waals surface area contributed by atoms with Crippen LogP contribution in [0.15, 0.2) is 52.9 Å². The second-order valence-corrected chi connectivity index (χ2v) is 6.06. The molecule has 0 amide bonds. The lowest BCUT2D eigenvalue weighted by molar-refractivity contribution is -0.139. The van der Waals surface area contributed by atoms with Crippen molar-refractivity contribution in [3.05, 3.63) is 54.1 Å². The molecule has 0 saturated carbocycles. The Morgan fingerprint density at radius 1 is 1.19 bits per heavy atom. The number of hydrogen-bond acceptors (Lipinski definition) is 7. The normalized spacial score (nSPS) is 10.7. The van der Waals surface area contributed by atoms with Gasteiger partial charge in [0.05, 0.1) is 20.2 Å². The molecule has 0 aliphatic heterocycles. The fourth-order valence-electron chi connectivity index (χ4n) is 2.50. The number of fused-ring (bicyclic) bond motifs is 1. The molecule has 1 aromatic heterocycles. The zero-order chi connectivity index (χ0) is 19.1. The molecule has 3 rings (SSSR count). The van der Waals surface area contributed by atoms with Crippen LogP contribution in [0, 0.1) is 0 Å². The minimum atomic E-state index is -0.280. The number of anilines is 1. The quantitative estimate of drug-likeness (QED) is 0.581. The van der Waals surface area contributed by atoms with Crippen LogP contribution >= 0.6 is 0 Å². The van der Waals surface area contributed by atoms with Crippen LogP contribution in [0.4, 0.5) is 6.01 Å². The molecule has 0 aliphatic carbocycles. The molecule has 0 radical (unpaired) electrons. The summed E-state index contributed by atoms with van der Waals surface area (Å²) in [5.74, 6) is 0.510. The van der Waals surface area contributed by atoms with Crippen molar-refractivity contribution < 1.29 is 18.7 Å². The SMILES string of the molecule is COC(=O)CNCc1ccc(OCCN(C)c2nc3ccccc3o2)cc1. The van der Waals surface area contributed by atoms with E-state index in [0.717, 1.165) is 22.4 Å². The minimum Gasteiger partial charge on any atom is -0.492 e. The lowest BCUT2D eigenvalue weighted by Gasteiger charge is -2.15. The summed E-state index contributed by atoms with van der Waals surface area (Å²) >= 11 is 0. The summed E-state index contributed by atoms with van der Waals surface area (Å²) in [5, 5.41) is 3.02. The molecule has 1 heterocycles. The predicted molar refractivity (Wildman–Crippen MR) is 103 cm³/mol. The smallest absolute Gasteiger partial charge is 0.319 e. The van der Waals surface area contributed by atoms with Gasteiger partial charge in [0, 0.05) is 13.6 Å². The fraction of sp³-hybridized carbons (Fsp3) is 0.300. The topological polar surface area (TPSA) is 76.8 Å². The number of benzene rings is 2. The van der Waals surface area contributed by atoms with E-state index in [2.05, 4.69) is 15.0 Å². The average Bonchev–Trinajstić information content (AvgIpc) is 3.13. The van der Waals surface area contributed by atoms with Gasteiger partial charge in [-0.2, -0.15) is 4.98 Å². The molecule has 1 N–H and O–H groups in total. The molecule has 0 bridgehead atoms. The summed E-state index contributed by atoms with van der Waals surface area (Å²) in [6.45, 7) is 1.94. The first-order valence-electron chi connectivity index (χ1n) is 8.71. The number of rotatable bonds is 9. The third-order valence-electron chi connectivity index (χ3n) is 4.05. The number of nitrogens with one attached hydrogen (secondary N) is 1. The number of carbonyl (C=O) groups is 1. The standard InChI is InChI=1S/C20H23N3O4/c1-23(20-22-17-5-3-4-6-18(17)27-20)11-12-26-16-9-7-15(8-10-16)13-21-14-19(24)25-2/h3-10,21H,11-14H2,1-2H3. The maximum atomic E-state index is 11.1. The molecular weight excluding hydrogens is 346 g/mol. The van der Waals surface area contributed by atoms with E-state index in [-0.39, 0.29) is 12.5 Å². The van der Waals surface area contributed by atoms with Crippen molar-refractivity contribution in [3.63, 3.8) is 0 Å². The molecule has 0 fully saturated rings. The molecule has 27 heavy (non-hydrogen) atoms. The van der Waals surface area contributed by atoms with Gasteiger partial charge in [0.15, 0.2) is 5.58 Å². The first-order chi connectivity index (χ1) is 13.2. The van der Waals surface area contributed by atoms with Gasteiger partial charge in [0.2, 0.25) is 0 Å². The molecule has 2 aromatic carbocycles. The number of aromatic nitrogens is 1. The molecule has 0 unspecified atom stereocenters. The highest BCUT2D eigenvalue weighted by atomic mass is 16.5. The summed E-state index contributed by atoms with van der Waals surface area (Å²) in [7, 11) is 3.29. The number of para-hydroxylation sites is 2. The van der Waals surface area contributed by atoms with E-state index in [0.29, 0.717) is 25.7 Å². The molecule has 7 nitrogen and oxygen atoms in total. The summed E-state index contributed by atoms with van der Waals surface area (Å²) in [6, 6.07) is 16.0. The lowest BCUT2D eigenvalue weighted by atomic mass is 10.2. The number of nitrogens with zero attached hydrogens (tertiary/aromatic N) is 2. The Bertz CT molecular complexity index is 843. The van der Waals surface area contributed by atoms with Gasteiger partial charge in [0.25, 0.3) is 6.01 Å². The summed E-state index contributed by atoms with van der Waals surface area (Å²) < 4.78 is 16.1. The van der Waals surface area contributed by atoms with Crippen molar-refractivity contribution in [1.29, 1.82) is 0 Å². The number of carbonyl (C=O) groups excluding carboxylic acids is 1. The van der Waals surface area contributed by atoms with E-state index in [9.17, 15) is 4.79 Å². The van der Waals surface area contributed by atoms with Crippen molar-refractivity contribution in [2.45, 2.75) is 6.54 Å². The highest BCUT2D eigenvalue weighted by Crippen LogP contribution is 2.20. The largest absolute Gasteiger partial charge is 0.492 e. The molecule has 0 aliphatic rings. The highest BCUT2D eigenvalue weighted by molar-refractivity contribution is 5.74. The van der Waals surface area contributed by atoms with Gasteiger partial charge in [-0.25, -0.2) is 0 Å². The Morgan fingerprint density at radius 3 is 2.70 bits per heavy atom. The molecule has 142 valence electrons. The zero-order valence-corrected chi connectivity index (χ0v) is 15.5. The van der Waals surface area contributed by atoms with Crippen molar-refractivity contribution in [2.75, 3.05) is 38.8 Å². The summed E-state index contributed by atoms with van der Waals surface area (Å²) in [4.78, 5) is 17.4. The van der Waals surface area contributed by atoms with Crippen LogP contribution in [-0.2, 0) is 16.1 Å². The van der Waals surface area contributed by atoms with E-state index in [4.69, 9.17) is 9.15 Å². The van der Waals surface area contributed by atoms with Gasteiger partial charge in [-0.3, -0.25) is 4.79 Å². The zero-order valence-electron chi connectivity index (χ0n) is 15.5. The molecule has 7 heteroatoms. The third-order valence-corrected chi connectivity index (χ3v) is 4.05. The molecule has 0 spiro atoms. The van der Waals surface area contributed by atoms with E-state index >= 15 is 0 Å². The monoisotopic (exact) mass is 369 g/mol. The van der Waals surface area contributed by atoms with Crippen LogP contribution in [0.5, 0.6) is 5.75 Å². The number of likely N-dealkylation sites (N-methyl/N-ethyl adjacent to an activating group) is 1. The first-order valence-corrected chi connectivity index (χ1v) is 8.71. The van der Waals surface area contributed by atoms with Crippen molar-refractivity contribution >= 4 is 23.1 Å². The molecular formula is C20H23N3O4. The van der Waals surface area contributed by atoms with Crippen LogP contribution in [0.2, 0.25) is 0 Å². The van der Waals surface area contributed by atoms with Crippen molar-refractivity contribution in [2.24, 2.45) is 0 Å². The van der Waals surface area contributed by atoms with E-state index in [1.165, 1.54) is 7.11 Å². The maximum absolute atomic E-state index is 11.1. The Labute approximate surface area is 157 Å². The minimum absolute atomic E-state index is 0.191. The summed E-state index contributed by atoms with van der Waals surface area (Å²) in [6.07, 6.45) is 0.